The number of carbonyl (C=O) groups excluding carboxylic acids is 1. The highest BCUT2D eigenvalue weighted by Crippen LogP contribution is 2.29. The molecule has 0 radical (unpaired) electrons. The molecule has 2 aromatic carbocycles. The van der Waals surface area contributed by atoms with Crippen LogP contribution in [0, 0.1) is 0 Å². The number of rotatable bonds is 4. The predicted octanol–water partition coefficient (Wildman–Crippen LogP) is 3.55. The zero-order chi connectivity index (χ0) is 17.3. The first kappa shape index (κ1) is 16.8. The van der Waals surface area contributed by atoms with Crippen LogP contribution in [-0.4, -0.2) is 25.1 Å². The van der Waals surface area contributed by atoms with Crippen LogP contribution in [0.15, 0.2) is 52.1 Å². The van der Waals surface area contributed by atoms with Crippen molar-refractivity contribution in [1.82, 2.24) is 4.98 Å². The Hall–Kier alpha value is -2.09. The lowest BCUT2D eigenvalue weighted by atomic mass is 10.3. The fraction of sp³-hybridized carbons (Fsp3) is 0.0667. The Morgan fingerprint density at radius 3 is 2.62 bits per heavy atom. The van der Waals surface area contributed by atoms with E-state index in [9.17, 15) is 13.2 Å². The molecule has 0 aliphatic heterocycles. The van der Waals surface area contributed by atoms with Crippen LogP contribution < -0.4 is 5.32 Å². The van der Waals surface area contributed by atoms with E-state index in [1.165, 1.54) is 6.07 Å². The van der Waals surface area contributed by atoms with E-state index in [4.69, 9.17) is 27.6 Å². The van der Waals surface area contributed by atoms with E-state index in [-0.39, 0.29) is 15.7 Å². The Labute approximate surface area is 147 Å². The summed E-state index contributed by atoms with van der Waals surface area (Å²) in [6, 6.07) is 11.2. The molecule has 0 bridgehead atoms. The molecule has 1 amide bonds. The van der Waals surface area contributed by atoms with Gasteiger partial charge in [-0.05, 0) is 24.3 Å². The van der Waals surface area contributed by atoms with Gasteiger partial charge in [-0.2, -0.15) is 4.98 Å². The number of halogens is 2. The summed E-state index contributed by atoms with van der Waals surface area (Å²) in [6.45, 7) is 0. The van der Waals surface area contributed by atoms with E-state index in [0.29, 0.717) is 11.1 Å². The van der Waals surface area contributed by atoms with Gasteiger partial charge in [0.15, 0.2) is 5.58 Å². The van der Waals surface area contributed by atoms with Crippen LogP contribution in [0.1, 0.15) is 0 Å². The van der Waals surface area contributed by atoms with Crippen LogP contribution >= 0.6 is 23.2 Å². The Bertz CT molecular complexity index is 998. The first-order chi connectivity index (χ1) is 11.4. The minimum atomic E-state index is -4.03. The molecule has 0 aliphatic carbocycles. The molecule has 6 nitrogen and oxygen atoms in total. The fourth-order valence-electron chi connectivity index (χ4n) is 2.01. The van der Waals surface area contributed by atoms with Gasteiger partial charge in [0.1, 0.15) is 11.3 Å². The number of amides is 1. The molecule has 3 rings (SSSR count). The number of hydrogen-bond acceptors (Lipinski definition) is 5. The Balaban J connectivity index is 1.81. The highest BCUT2D eigenvalue weighted by atomic mass is 35.5. The Morgan fingerprint density at radius 2 is 1.88 bits per heavy atom. The van der Waals surface area contributed by atoms with Crippen molar-refractivity contribution in [3.8, 4) is 0 Å². The summed E-state index contributed by atoms with van der Waals surface area (Å²) in [7, 11) is -4.03. The number of carbonyl (C=O) groups is 1. The van der Waals surface area contributed by atoms with Crippen molar-refractivity contribution in [2.45, 2.75) is 5.22 Å². The van der Waals surface area contributed by atoms with Gasteiger partial charge in [0.25, 0.3) is 0 Å². The molecule has 1 heterocycles. The minimum Gasteiger partial charge on any atom is -0.428 e. The van der Waals surface area contributed by atoms with Crippen molar-refractivity contribution in [1.29, 1.82) is 0 Å². The van der Waals surface area contributed by atoms with Crippen molar-refractivity contribution >= 4 is 55.7 Å². The normalized spacial score (nSPS) is 11.6. The standard InChI is InChI=1S/C15H10Cl2N2O4S/c16-9-4-3-6-11(14(9)17)18-13(20)8-24(21,22)15-19-10-5-1-2-7-12(10)23-15/h1-7H,8H2,(H,18,20). The average Bonchev–Trinajstić information content (AvgIpc) is 2.96. The second-order valence-corrected chi connectivity index (χ2v) is 7.51. The number of oxazole rings is 1. The van der Waals surface area contributed by atoms with Crippen LogP contribution in [-0.2, 0) is 14.6 Å². The third kappa shape index (κ3) is 3.38. The molecule has 9 heteroatoms. The van der Waals surface area contributed by atoms with E-state index < -0.39 is 26.7 Å². The molecular weight excluding hydrogens is 375 g/mol. The number of aromatic nitrogens is 1. The molecule has 0 saturated heterocycles. The molecule has 24 heavy (non-hydrogen) atoms. The molecule has 1 aromatic heterocycles. The molecular formula is C15H10Cl2N2O4S. The summed E-state index contributed by atoms with van der Waals surface area (Å²) < 4.78 is 29.8. The fourth-order valence-corrected chi connectivity index (χ4v) is 3.35. The SMILES string of the molecule is O=C(CS(=O)(=O)c1nc2ccccc2o1)Nc1cccc(Cl)c1Cl. The summed E-state index contributed by atoms with van der Waals surface area (Å²) in [5.74, 6) is -1.61. The molecule has 0 aliphatic rings. The summed E-state index contributed by atoms with van der Waals surface area (Å²) in [5.41, 5.74) is 0.950. The van der Waals surface area contributed by atoms with E-state index in [1.807, 2.05) is 0 Å². The van der Waals surface area contributed by atoms with E-state index >= 15 is 0 Å². The number of para-hydroxylation sites is 2. The molecule has 3 aromatic rings. The summed E-state index contributed by atoms with van der Waals surface area (Å²) in [4.78, 5) is 15.9. The second kappa shape index (κ2) is 6.43. The zero-order valence-electron chi connectivity index (χ0n) is 12.0. The molecule has 0 saturated carbocycles. The molecule has 124 valence electrons. The number of nitrogens with one attached hydrogen (secondary N) is 1. The number of sulfone groups is 1. The van der Waals surface area contributed by atoms with Crippen molar-refractivity contribution in [3.63, 3.8) is 0 Å². The smallest absolute Gasteiger partial charge is 0.316 e. The van der Waals surface area contributed by atoms with Crippen LogP contribution in [0.4, 0.5) is 5.69 Å². The summed E-state index contributed by atoms with van der Waals surface area (Å²) in [5, 5.41) is 2.28. The lowest BCUT2D eigenvalue weighted by Gasteiger charge is -2.07. The van der Waals surface area contributed by atoms with Gasteiger partial charge in [0.2, 0.25) is 15.7 Å². The first-order valence-corrected chi connectivity index (χ1v) is 9.10. The van der Waals surface area contributed by atoms with Crippen LogP contribution in [0.2, 0.25) is 10.0 Å². The minimum absolute atomic E-state index is 0.131. The topological polar surface area (TPSA) is 89.3 Å². The number of hydrogen-bond donors (Lipinski definition) is 1. The summed E-state index contributed by atoms with van der Waals surface area (Å²) >= 11 is 11.8. The molecule has 0 unspecified atom stereocenters. The van der Waals surface area contributed by atoms with Crippen molar-refractivity contribution in [3.05, 3.63) is 52.5 Å². The number of anilines is 1. The molecule has 0 fully saturated rings. The average molecular weight is 385 g/mol. The van der Waals surface area contributed by atoms with Gasteiger partial charge in [0.05, 0.1) is 15.7 Å². The lowest BCUT2D eigenvalue weighted by molar-refractivity contribution is -0.113. The van der Waals surface area contributed by atoms with Crippen LogP contribution in [0.5, 0.6) is 0 Å². The van der Waals surface area contributed by atoms with Crippen molar-refractivity contribution in [2.24, 2.45) is 0 Å². The van der Waals surface area contributed by atoms with Gasteiger partial charge in [0, 0.05) is 0 Å². The van der Waals surface area contributed by atoms with Crippen LogP contribution in [0.3, 0.4) is 0 Å². The maximum atomic E-state index is 12.3. The number of fused-ring (bicyclic) bond motifs is 1. The number of benzene rings is 2. The van der Waals surface area contributed by atoms with Crippen LogP contribution in [0.25, 0.3) is 11.1 Å². The van der Waals surface area contributed by atoms with Crippen molar-refractivity contribution < 1.29 is 17.6 Å². The van der Waals surface area contributed by atoms with Gasteiger partial charge in [-0.3, -0.25) is 4.79 Å². The first-order valence-electron chi connectivity index (χ1n) is 6.69. The Morgan fingerprint density at radius 1 is 1.12 bits per heavy atom. The monoisotopic (exact) mass is 384 g/mol. The maximum absolute atomic E-state index is 12.3. The van der Waals surface area contributed by atoms with Crippen molar-refractivity contribution in [2.75, 3.05) is 11.1 Å². The third-order valence-corrected chi connectivity index (χ3v) is 5.25. The van der Waals surface area contributed by atoms with Gasteiger partial charge in [-0.25, -0.2) is 8.42 Å². The van der Waals surface area contributed by atoms with Gasteiger partial charge in [-0.15, -0.1) is 0 Å². The largest absolute Gasteiger partial charge is 0.428 e. The quantitative estimate of drug-likeness (QED) is 0.742. The predicted molar refractivity (Wildman–Crippen MR) is 91.2 cm³/mol. The molecule has 0 atom stereocenters. The second-order valence-electron chi connectivity index (χ2n) is 4.86. The van der Waals surface area contributed by atoms with Gasteiger partial charge >= 0.3 is 5.22 Å². The highest BCUT2D eigenvalue weighted by molar-refractivity contribution is 7.91. The van der Waals surface area contributed by atoms with Gasteiger partial charge < -0.3 is 9.73 Å². The highest BCUT2D eigenvalue weighted by Gasteiger charge is 2.26. The summed E-state index contributed by atoms with van der Waals surface area (Å²) in [6.07, 6.45) is 0. The third-order valence-electron chi connectivity index (χ3n) is 3.09. The Kier molecular flexibility index (Phi) is 4.49. The van der Waals surface area contributed by atoms with E-state index in [0.717, 1.165) is 0 Å². The van der Waals surface area contributed by atoms with Gasteiger partial charge in [-0.1, -0.05) is 41.4 Å². The van der Waals surface area contributed by atoms with E-state index in [2.05, 4.69) is 10.3 Å². The zero-order valence-corrected chi connectivity index (χ0v) is 14.3. The van der Waals surface area contributed by atoms with E-state index in [1.54, 1.807) is 36.4 Å². The molecule has 0 spiro atoms. The maximum Gasteiger partial charge on any atom is 0.316 e. The molecule has 1 N–H and O–H groups in total. The number of nitrogens with zero attached hydrogens (tertiary/aromatic N) is 1. The lowest BCUT2D eigenvalue weighted by Crippen LogP contribution is -2.23.